The molecular weight excluding hydrogens is 386 g/mol. The fraction of sp³-hybridized carbons (Fsp3) is 0.444. The zero-order valence-electron chi connectivity index (χ0n) is 15.1. The Bertz CT molecular complexity index is 951. The second-order valence-electron chi connectivity index (χ2n) is 6.58. The quantitative estimate of drug-likeness (QED) is 0.788. The molecule has 3 heterocycles. The lowest BCUT2D eigenvalue weighted by Gasteiger charge is -2.34. The van der Waals surface area contributed by atoms with E-state index in [0.717, 1.165) is 19.3 Å². The Labute approximate surface area is 162 Å². The standard InChI is InChI=1S/C18H23N3O4S2/c1-20-11-4-7-15(18(20)23)17(22)19-10-9-14-6-2-3-12-21(14)27(24,25)16-8-5-13-26-16/h4-5,7-8,11,13-14H,2-3,6,9-10,12H2,1H3,(H,19,22)/t14-/m0/s1. The maximum absolute atomic E-state index is 12.9. The molecule has 0 aromatic carbocycles. The topological polar surface area (TPSA) is 88.5 Å². The molecule has 0 radical (unpaired) electrons. The largest absolute Gasteiger partial charge is 0.352 e. The van der Waals surface area contributed by atoms with E-state index in [0.29, 0.717) is 23.7 Å². The first-order valence-corrected chi connectivity index (χ1v) is 11.2. The number of piperidine rings is 1. The molecule has 1 atom stereocenters. The SMILES string of the molecule is Cn1cccc(C(=O)NCC[C@@H]2CCCCN2S(=O)(=O)c2cccs2)c1=O. The predicted octanol–water partition coefficient (Wildman–Crippen LogP) is 1.81. The van der Waals surface area contributed by atoms with Crippen LogP contribution in [-0.2, 0) is 17.1 Å². The van der Waals surface area contributed by atoms with Crippen LogP contribution in [0.4, 0.5) is 0 Å². The van der Waals surface area contributed by atoms with Gasteiger partial charge in [-0.25, -0.2) is 8.42 Å². The van der Waals surface area contributed by atoms with E-state index < -0.39 is 15.9 Å². The van der Waals surface area contributed by atoms with E-state index in [9.17, 15) is 18.0 Å². The maximum atomic E-state index is 12.9. The molecule has 1 aliphatic heterocycles. The number of aromatic nitrogens is 1. The van der Waals surface area contributed by atoms with Crippen molar-refractivity contribution in [3.05, 3.63) is 51.8 Å². The van der Waals surface area contributed by atoms with Crippen LogP contribution in [0.3, 0.4) is 0 Å². The number of hydrogen-bond donors (Lipinski definition) is 1. The molecule has 0 unspecified atom stereocenters. The molecule has 7 nitrogen and oxygen atoms in total. The predicted molar refractivity (Wildman–Crippen MR) is 104 cm³/mol. The van der Waals surface area contributed by atoms with Gasteiger partial charge in [0, 0.05) is 32.4 Å². The van der Waals surface area contributed by atoms with E-state index in [1.807, 2.05) is 0 Å². The summed E-state index contributed by atoms with van der Waals surface area (Å²) in [5, 5.41) is 4.51. The van der Waals surface area contributed by atoms with Gasteiger partial charge in [-0.2, -0.15) is 4.31 Å². The molecule has 0 bridgehead atoms. The van der Waals surface area contributed by atoms with Crippen LogP contribution in [-0.4, -0.2) is 42.3 Å². The first kappa shape index (κ1) is 19.8. The zero-order valence-corrected chi connectivity index (χ0v) is 16.8. The number of carbonyl (C=O) groups excluding carboxylic acids is 1. The molecule has 1 amide bonds. The van der Waals surface area contributed by atoms with Gasteiger partial charge >= 0.3 is 0 Å². The fourth-order valence-corrected chi connectivity index (χ4v) is 6.17. The number of thiophene rings is 1. The normalized spacial score (nSPS) is 18.3. The Morgan fingerprint density at radius 1 is 1.30 bits per heavy atom. The summed E-state index contributed by atoms with van der Waals surface area (Å²) in [6, 6.07) is 6.35. The van der Waals surface area contributed by atoms with Crippen molar-refractivity contribution >= 4 is 27.3 Å². The van der Waals surface area contributed by atoms with Crippen molar-refractivity contribution in [3.8, 4) is 0 Å². The summed E-state index contributed by atoms with van der Waals surface area (Å²) in [6.07, 6.45) is 4.69. The van der Waals surface area contributed by atoms with Crippen LogP contribution in [0.5, 0.6) is 0 Å². The second-order valence-corrected chi connectivity index (χ2v) is 9.65. The lowest BCUT2D eigenvalue weighted by molar-refractivity contribution is 0.0947. The summed E-state index contributed by atoms with van der Waals surface area (Å²) in [7, 11) is -1.91. The van der Waals surface area contributed by atoms with Crippen LogP contribution < -0.4 is 10.9 Å². The summed E-state index contributed by atoms with van der Waals surface area (Å²) in [6.45, 7) is 0.816. The average molecular weight is 410 g/mol. The van der Waals surface area contributed by atoms with Crippen LogP contribution in [0.15, 0.2) is 44.8 Å². The highest BCUT2D eigenvalue weighted by Crippen LogP contribution is 2.29. The van der Waals surface area contributed by atoms with Gasteiger partial charge in [0.15, 0.2) is 0 Å². The van der Waals surface area contributed by atoms with Crippen LogP contribution in [0, 0.1) is 0 Å². The Morgan fingerprint density at radius 3 is 2.85 bits per heavy atom. The highest BCUT2D eigenvalue weighted by atomic mass is 32.2. The van der Waals surface area contributed by atoms with Gasteiger partial charge in [-0.1, -0.05) is 12.5 Å². The Kier molecular flexibility index (Phi) is 6.13. The smallest absolute Gasteiger partial charge is 0.263 e. The van der Waals surface area contributed by atoms with E-state index in [4.69, 9.17) is 0 Å². The van der Waals surface area contributed by atoms with Crippen LogP contribution >= 0.6 is 11.3 Å². The summed E-state index contributed by atoms with van der Waals surface area (Å²) in [4.78, 5) is 24.3. The molecule has 1 aliphatic rings. The van der Waals surface area contributed by atoms with Crippen molar-refractivity contribution in [3.63, 3.8) is 0 Å². The number of nitrogens with one attached hydrogen (secondary N) is 1. The fourth-order valence-electron chi connectivity index (χ4n) is 3.32. The van der Waals surface area contributed by atoms with E-state index in [1.165, 1.54) is 22.0 Å². The van der Waals surface area contributed by atoms with Gasteiger partial charge in [0.1, 0.15) is 9.77 Å². The third-order valence-electron chi connectivity index (χ3n) is 4.76. The molecule has 0 spiro atoms. The molecule has 2 aromatic heterocycles. The number of carbonyl (C=O) groups is 1. The van der Waals surface area contributed by atoms with E-state index in [2.05, 4.69) is 5.32 Å². The van der Waals surface area contributed by atoms with Gasteiger partial charge < -0.3 is 9.88 Å². The van der Waals surface area contributed by atoms with Crippen molar-refractivity contribution in [1.29, 1.82) is 0 Å². The average Bonchev–Trinajstić information content (AvgIpc) is 3.20. The van der Waals surface area contributed by atoms with E-state index in [-0.39, 0.29) is 17.2 Å². The third-order valence-corrected chi connectivity index (χ3v) is 8.09. The number of nitrogens with zero attached hydrogens (tertiary/aromatic N) is 2. The molecule has 27 heavy (non-hydrogen) atoms. The van der Waals surface area contributed by atoms with Gasteiger partial charge in [-0.3, -0.25) is 9.59 Å². The Hall–Kier alpha value is -1.97. The second kappa shape index (κ2) is 8.37. The minimum absolute atomic E-state index is 0.0895. The van der Waals surface area contributed by atoms with Gasteiger partial charge in [0.2, 0.25) is 0 Å². The molecule has 1 N–H and O–H groups in total. The van der Waals surface area contributed by atoms with Gasteiger partial charge in [-0.15, -0.1) is 11.3 Å². The molecule has 1 saturated heterocycles. The maximum Gasteiger partial charge on any atom is 0.263 e. The highest BCUT2D eigenvalue weighted by Gasteiger charge is 2.33. The first-order chi connectivity index (χ1) is 12.9. The molecule has 146 valence electrons. The van der Waals surface area contributed by atoms with Crippen molar-refractivity contribution in [2.75, 3.05) is 13.1 Å². The Morgan fingerprint density at radius 2 is 2.11 bits per heavy atom. The van der Waals surface area contributed by atoms with Crippen LogP contribution in [0.1, 0.15) is 36.0 Å². The third kappa shape index (κ3) is 4.31. The lowest BCUT2D eigenvalue weighted by atomic mass is 10.0. The van der Waals surface area contributed by atoms with Crippen molar-refractivity contribution < 1.29 is 13.2 Å². The molecule has 2 aromatic rings. The zero-order chi connectivity index (χ0) is 19.4. The number of amides is 1. The van der Waals surface area contributed by atoms with E-state index >= 15 is 0 Å². The highest BCUT2D eigenvalue weighted by molar-refractivity contribution is 7.91. The number of aryl methyl sites for hydroxylation is 1. The van der Waals surface area contributed by atoms with Crippen LogP contribution in [0.25, 0.3) is 0 Å². The number of rotatable bonds is 6. The molecule has 3 rings (SSSR count). The Balaban J connectivity index is 1.65. The number of hydrogen-bond acceptors (Lipinski definition) is 5. The summed E-state index contributed by atoms with van der Waals surface area (Å²) in [5.41, 5.74) is -0.263. The van der Waals surface area contributed by atoms with Gasteiger partial charge in [0.25, 0.3) is 21.5 Å². The summed E-state index contributed by atoms with van der Waals surface area (Å²) in [5.74, 6) is -0.431. The molecular formula is C18H23N3O4S2. The van der Waals surface area contributed by atoms with Crippen molar-refractivity contribution in [2.24, 2.45) is 7.05 Å². The molecule has 0 aliphatic carbocycles. The lowest BCUT2D eigenvalue weighted by Crippen LogP contribution is -2.45. The first-order valence-electron chi connectivity index (χ1n) is 8.90. The molecule has 1 fully saturated rings. The van der Waals surface area contributed by atoms with Gasteiger partial charge in [-0.05, 0) is 42.8 Å². The molecule has 0 saturated carbocycles. The number of sulfonamides is 1. The monoisotopic (exact) mass is 409 g/mol. The summed E-state index contributed by atoms with van der Waals surface area (Å²) < 4.78 is 29.0. The van der Waals surface area contributed by atoms with Crippen LogP contribution in [0.2, 0.25) is 0 Å². The molecule has 9 heteroatoms. The minimum Gasteiger partial charge on any atom is -0.352 e. The number of pyridine rings is 1. The minimum atomic E-state index is -3.50. The van der Waals surface area contributed by atoms with Gasteiger partial charge in [0.05, 0.1) is 0 Å². The van der Waals surface area contributed by atoms with Crippen molar-refractivity contribution in [2.45, 2.75) is 35.9 Å². The van der Waals surface area contributed by atoms with E-state index in [1.54, 1.807) is 41.1 Å². The summed E-state index contributed by atoms with van der Waals surface area (Å²) >= 11 is 1.22. The van der Waals surface area contributed by atoms with Crippen molar-refractivity contribution in [1.82, 2.24) is 14.2 Å².